The van der Waals surface area contributed by atoms with Gasteiger partial charge < -0.3 is 15.0 Å². The molecule has 2 aromatic carbocycles. The maximum absolute atomic E-state index is 13.3. The van der Waals surface area contributed by atoms with Gasteiger partial charge in [-0.25, -0.2) is 4.98 Å². The molecule has 30 heavy (non-hydrogen) atoms. The Morgan fingerprint density at radius 3 is 2.53 bits per heavy atom. The van der Waals surface area contributed by atoms with Gasteiger partial charge in [0, 0.05) is 39.1 Å². The summed E-state index contributed by atoms with van der Waals surface area (Å²) in [5.41, 5.74) is 2.67. The zero-order valence-electron chi connectivity index (χ0n) is 17.5. The van der Waals surface area contributed by atoms with Crippen LogP contribution < -0.4 is 10.2 Å². The standard InChI is InChI=1S/C24H28N4O2/c1-27(2)23-16-20(19-10-6-7-11-21(19)26-23)24(29)25-17-22(18-8-4-3-5-9-18)28-12-14-30-15-13-28/h3-11,16,22H,12-15,17H2,1-2H3,(H,25,29). The van der Waals surface area contributed by atoms with E-state index in [1.54, 1.807) is 0 Å². The lowest BCUT2D eigenvalue weighted by Crippen LogP contribution is -2.43. The topological polar surface area (TPSA) is 57.7 Å². The average Bonchev–Trinajstić information content (AvgIpc) is 2.79. The normalized spacial score (nSPS) is 15.7. The van der Waals surface area contributed by atoms with Crippen molar-refractivity contribution in [3.63, 3.8) is 0 Å². The molecule has 0 saturated carbocycles. The molecule has 0 spiro atoms. The van der Waals surface area contributed by atoms with Crippen LogP contribution in [0.4, 0.5) is 5.82 Å². The van der Waals surface area contributed by atoms with E-state index in [0.29, 0.717) is 12.1 Å². The van der Waals surface area contributed by atoms with Crippen LogP contribution in [0, 0.1) is 0 Å². The Labute approximate surface area is 177 Å². The van der Waals surface area contributed by atoms with Crippen LogP contribution in [0.1, 0.15) is 22.0 Å². The van der Waals surface area contributed by atoms with E-state index in [1.165, 1.54) is 5.56 Å². The molecule has 1 atom stereocenters. The second-order valence-electron chi connectivity index (χ2n) is 7.72. The van der Waals surface area contributed by atoms with Crippen molar-refractivity contribution < 1.29 is 9.53 Å². The largest absolute Gasteiger partial charge is 0.379 e. The number of aromatic nitrogens is 1. The van der Waals surface area contributed by atoms with Crippen molar-refractivity contribution in [3.05, 3.63) is 71.8 Å². The lowest BCUT2D eigenvalue weighted by molar-refractivity contribution is 0.0162. The smallest absolute Gasteiger partial charge is 0.252 e. The lowest BCUT2D eigenvalue weighted by Gasteiger charge is -2.35. The number of amides is 1. The van der Waals surface area contributed by atoms with Crippen LogP contribution in [0.15, 0.2) is 60.7 Å². The van der Waals surface area contributed by atoms with Crippen molar-refractivity contribution in [1.82, 2.24) is 15.2 Å². The van der Waals surface area contributed by atoms with E-state index < -0.39 is 0 Å². The molecule has 0 aliphatic carbocycles. The molecule has 0 bridgehead atoms. The number of pyridine rings is 1. The van der Waals surface area contributed by atoms with Gasteiger partial charge in [0.25, 0.3) is 5.91 Å². The summed E-state index contributed by atoms with van der Waals surface area (Å²) >= 11 is 0. The SMILES string of the molecule is CN(C)c1cc(C(=O)NCC(c2ccccc2)N2CCOCC2)c2ccccc2n1. The molecular formula is C24H28N4O2. The summed E-state index contributed by atoms with van der Waals surface area (Å²) < 4.78 is 5.52. The number of hydrogen-bond acceptors (Lipinski definition) is 5. The summed E-state index contributed by atoms with van der Waals surface area (Å²) in [5, 5.41) is 4.05. The van der Waals surface area contributed by atoms with Crippen molar-refractivity contribution in [3.8, 4) is 0 Å². The molecule has 1 saturated heterocycles. The first kappa shape index (κ1) is 20.3. The molecular weight excluding hydrogens is 376 g/mol. The Kier molecular flexibility index (Phi) is 6.26. The van der Waals surface area contributed by atoms with Gasteiger partial charge in [0.1, 0.15) is 5.82 Å². The minimum absolute atomic E-state index is 0.0779. The number of carbonyl (C=O) groups is 1. The predicted octanol–water partition coefficient (Wildman–Crippen LogP) is 3.10. The minimum atomic E-state index is -0.0779. The van der Waals surface area contributed by atoms with Crippen LogP contribution in [-0.4, -0.2) is 62.7 Å². The Balaban J connectivity index is 1.59. The number of hydrogen-bond donors (Lipinski definition) is 1. The molecule has 1 fully saturated rings. The number of ether oxygens (including phenoxy) is 1. The van der Waals surface area contributed by atoms with Gasteiger partial charge in [-0.05, 0) is 17.7 Å². The van der Waals surface area contributed by atoms with Crippen LogP contribution in [0.2, 0.25) is 0 Å². The first-order valence-corrected chi connectivity index (χ1v) is 10.4. The van der Waals surface area contributed by atoms with E-state index in [0.717, 1.165) is 43.0 Å². The van der Waals surface area contributed by atoms with Gasteiger partial charge in [0.2, 0.25) is 0 Å². The maximum Gasteiger partial charge on any atom is 0.252 e. The molecule has 1 N–H and O–H groups in total. The fourth-order valence-electron chi connectivity index (χ4n) is 3.89. The number of nitrogens with one attached hydrogen (secondary N) is 1. The van der Waals surface area contributed by atoms with Crippen molar-refractivity contribution >= 4 is 22.6 Å². The van der Waals surface area contributed by atoms with E-state index in [9.17, 15) is 4.79 Å². The second-order valence-corrected chi connectivity index (χ2v) is 7.72. The molecule has 3 aromatic rings. The number of nitrogens with zero attached hydrogens (tertiary/aromatic N) is 3. The molecule has 1 aliphatic rings. The number of anilines is 1. The summed E-state index contributed by atoms with van der Waals surface area (Å²) in [4.78, 5) is 22.2. The minimum Gasteiger partial charge on any atom is -0.379 e. The number of carbonyl (C=O) groups excluding carboxylic acids is 1. The Morgan fingerprint density at radius 2 is 1.80 bits per heavy atom. The quantitative estimate of drug-likeness (QED) is 0.684. The Hall–Kier alpha value is -2.96. The van der Waals surface area contributed by atoms with Gasteiger partial charge in [0.05, 0.1) is 30.3 Å². The lowest BCUT2D eigenvalue weighted by atomic mass is 10.0. The van der Waals surface area contributed by atoms with Crippen LogP contribution in [0.3, 0.4) is 0 Å². The van der Waals surface area contributed by atoms with Crippen LogP contribution in [0.5, 0.6) is 0 Å². The third-order valence-electron chi connectivity index (χ3n) is 5.53. The van der Waals surface area contributed by atoms with Gasteiger partial charge in [0.15, 0.2) is 0 Å². The zero-order chi connectivity index (χ0) is 20.9. The summed E-state index contributed by atoms with van der Waals surface area (Å²) in [6.07, 6.45) is 0. The third-order valence-corrected chi connectivity index (χ3v) is 5.53. The molecule has 1 aromatic heterocycles. The van der Waals surface area contributed by atoms with Crippen LogP contribution >= 0.6 is 0 Å². The van der Waals surface area contributed by atoms with Gasteiger partial charge in [-0.1, -0.05) is 48.5 Å². The highest BCUT2D eigenvalue weighted by Crippen LogP contribution is 2.24. The van der Waals surface area contributed by atoms with Crippen molar-refractivity contribution in [2.24, 2.45) is 0 Å². The molecule has 1 aliphatic heterocycles. The molecule has 6 heteroatoms. The van der Waals surface area contributed by atoms with Gasteiger partial charge in [-0.15, -0.1) is 0 Å². The number of fused-ring (bicyclic) bond motifs is 1. The number of rotatable bonds is 6. The molecule has 4 rings (SSSR count). The summed E-state index contributed by atoms with van der Waals surface area (Å²) in [5.74, 6) is 0.692. The molecule has 1 unspecified atom stereocenters. The van der Waals surface area contributed by atoms with E-state index in [4.69, 9.17) is 4.74 Å². The van der Waals surface area contributed by atoms with Gasteiger partial charge in [-0.3, -0.25) is 9.69 Å². The van der Waals surface area contributed by atoms with Crippen molar-refractivity contribution in [1.29, 1.82) is 0 Å². The molecule has 156 valence electrons. The van der Waals surface area contributed by atoms with Crippen LogP contribution in [-0.2, 0) is 4.74 Å². The highest BCUT2D eigenvalue weighted by Gasteiger charge is 2.24. The Morgan fingerprint density at radius 1 is 1.10 bits per heavy atom. The molecule has 6 nitrogen and oxygen atoms in total. The monoisotopic (exact) mass is 404 g/mol. The number of morpholine rings is 1. The Bertz CT molecular complexity index is 1000. The van der Waals surface area contributed by atoms with E-state index in [1.807, 2.05) is 67.5 Å². The first-order chi connectivity index (χ1) is 14.6. The average molecular weight is 405 g/mol. The maximum atomic E-state index is 13.3. The summed E-state index contributed by atoms with van der Waals surface area (Å²) in [7, 11) is 3.87. The van der Waals surface area contributed by atoms with E-state index in [2.05, 4.69) is 27.3 Å². The van der Waals surface area contributed by atoms with Gasteiger partial charge >= 0.3 is 0 Å². The molecule has 0 radical (unpaired) electrons. The van der Waals surface area contributed by atoms with Crippen molar-refractivity contribution in [2.45, 2.75) is 6.04 Å². The fourth-order valence-corrected chi connectivity index (χ4v) is 3.89. The highest BCUT2D eigenvalue weighted by atomic mass is 16.5. The fraction of sp³-hybridized carbons (Fsp3) is 0.333. The van der Waals surface area contributed by atoms with E-state index >= 15 is 0 Å². The molecule has 1 amide bonds. The third kappa shape index (κ3) is 4.45. The zero-order valence-corrected chi connectivity index (χ0v) is 17.5. The number of benzene rings is 2. The summed E-state index contributed by atoms with van der Waals surface area (Å²) in [6.45, 7) is 3.70. The van der Waals surface area contributed by atoms with E-state index in [-0.39, 0.29) is 11.9 Å². The van der Waals surface area contributed by atoms with Crippen molar-refractivity contribution in [2.75, 3.05) is 51.8 Å². The molecule has 2 heterocycles. The highest BCUT2D eigenvalue weighted by molar-refractivity contribution is 6.07. The predicted molar refractivity (Wildman–Crippen MR) is 120 cm³/mol. The van der Waals surface area contributed by atoms with Crippen LogP contribution in [0.25, 0.3) is 10.9 Å². The number of para-hydroxylation sites is 1. The summed E-state index contributed by atoms with van der Waals surface area (Å²) in [6, 6.07) is 20.1. The first-order valence-electron chi connectivity index (χ1n) is 10.4. The van der Waals surface area contributed by atoms with Gasteiger partial charge in [-0.2, -0.15) is 0 Å². The second kappa shape index (κ2) is 9.24.